The molecule has 3 N–H and O–H groups in total. The van der Waals surface area contributed by atoms with Crippen LogP contribution in [0, 0.1) is 0 Å². The molecule has 0 saturated carbocycles. The number of aromatic amines is 2. The highest BCUT2D eigenvalue weighted by Gasteiger charge is 2.13. The van der Waals surface area contributed by atoms with Crippen molar-refractivity contribution in [3.8, 4) is 17.1 Å². The zero-order valence-electron chi connectivity index (χ0n) is 9.24. The molecular weight excluding hydrogens is 276 g/mol. The lowest BCUT2D eigenvalue weighted by atomic mass is 10.1. The second-order valence-corrected chi connectivity index (χ2v) is 4.28. The van der Waals surface area contributed by atoms with Crippen LogP contribution in [0.25, 0.3) is 11.3 Å². The molecule has 0 amide bonds. The number of aromatic hydroxyl groups is 1. The third kappa shape index (κ3) is 2.72. The molecule has 0 fully saturated rings. The molecule has 7 heteroatoms. The Morgan fingerprint density at radius 1 is 1.39 bits per heavy atom. The van der Waals surface area contributed by atoms with E-state index in [0.29, 0.717) is 22.9 Å². The van der Waals surface area contributed by atoms with Crippen molar-refractivity contribution in [2.45, 2.75) is 6.61 Å². The van der Waals surface area contributed by atoms with Gasteiger partial charge in [-0.25, -0.2) is 4.79 Å². The predicted molar refractivity (Wildman–Crippen MR) is 72.2 cm³/mol. The molecule has 0 unspecified atom stereocenters. The maximum absolute atomic E-state index is 11.1. The number of halogens is 1. The molecule has 1 heterocycles. The highest BCUT2D eigenvalue weighted by molar-refractivity contribution is 7.80. The zero-order chi connectivity index (χ0) is 13.1. The summed E-state index contributed by atoms with van der Waals surface area (Å²) in [7, 11) is 0. The molecule has 5 nitrogen and oxygen atoms in total. The fraction of sp³-hybridized carbons (Fsp3) is 0.182. The summed E-state index contributed by atoms with van der Waals surface area (Å²) in [4.78, 5) is 15.9. The number of thiol groups is 1. The van der Waals surface area contributed by atoms with Crippen LogP contribution < -0.4 is 5.69 Å². The number of aromatic nitrogens is 2. The second kappa shape index (κ2) is 5.51. The number of hydrogen-bond acceptors (Lipinski definition) is 4. The Morgan fingerprint density at radius 3 is 2.78 bits per heavy atom. The fourth-order valence-corrected chi connectivity index (χ4v) is 1.90. The normalized spacial score (nSPS) is 10.8. The van der Waals surface area contributed by atoms with E-state index in [0.717, 1.165) is 5.56 Å². The number of hydrogen-bond donors (Lipinski definition) is 4. The minimum absolute atomic E-state index is 0.227. The van der Waals surface area contributed by atoms with Gasteiger partial charge in [-0.05, 0) is 17.7 Å². The van der Waals surface area contributed by atoms with Gasteiger partial charge in [-0.1, -0.05) is 17.7 Å². The minimum atomic E-state index is -0.483. The van der Waals surface area contributed by atoms with E-state index in [-0.39, 0.29) is 11.8 Å². The highest BCUT2D eigenvalue weighted by Crippen LogP contribution is 2.30. The Kier molecular flexibility index (Phi) is 4.00. The van der Waals surface area contributed by atoms with Crippen LogP contribution in [-0.2, 0) is 11.3 Å². The van der Waals surface area contributed by atoms with Gasteiger partial charge in [-0.3, -0.25) is 4.98 Å². The molecule has 1 aromatic heterocycles. The van der Waals surface area contributed by atoms with Crippen molar-refractivity contribution in [1.29, 1.82) is 0 Å². The van der Waals surface area contributed by atoms with Crippen molar-refractivity contribution in [3.63, 3.8) is 0 Å². The van der Waals surface area contributed by atoms with Gasteiger partial charge in [0.25, 0.3) is 0 Å². The molecule has 0 aliphatic rings. The van der Waals surface area contributed by atoms with Crippen molar-refractivity contribution in [2.24, 2.45) is 0 Å². The van der Waals surface area contributed by atoms with Crippen molar-refractivity contribution < 1.29 is 9.84 Å². The molecule has 0 aliphatic carbocycles. The van der Waals surface area contributed by atoms with Crippen molar-refractivity contribution in [1.82, 2.24) is 9.97 Å². The first-order valence-corrected chi connectivity index (χ1v) is 6.11. The molecule has 2 rings (SSSR count). The van der Waals surface area contributed by atoms with Gasteiger partial charge in [0.15, 0.2) is 0 Å². The smallest absolute Gasteiger partial charge is 0.326 e. The lowest BCUT2D eigenvalue weighted by molar-refractivity contribution is 0.170. The van der Waals surface area contributed by atoms with Crippen LogP contribution in [-0.4, -0.2) is 21.0 Å². The van der Waals surface area contributed by atoms with E-state index in [9.17, 15) is 9.90 Å². The molecule has 0 aliphatic heterocycles. The number of rotatable bonds is 4. The van der Waals surface area contributed by atoms with Gasteiger partial charge >= 0.3 is 5.69 Å². The fourth-order valence-electron chi connectivity index (χ4n) is 1.63. The van der Waals surface area contributed by atoms with Gasteiger partial charge in [0.05, 0.1) is 12.5 Å². The number of nitrogens with one attached hydrogen (secondary N) is 2. The lowest BCUT2D eigenvalue weighted by Crippen LogP contribution is -2.01. The Hall–Kier alpha value is -1.37. The monoisotopic (exact) mass is 286 g/mol. The van der Waals surface area contributed by atoms with Crippen LogP contribution in [0.2, 0.25) is 5.02 Å². The Balaban J connectivity index is 2.50. The SMILES string of the molecule is O=c1[nH]c(O)c(-c2cc(Cl)ccc2COCS)[nH]1. The number of ether oxygens (including phenoxy) is 1. The van der Waals surface area contributed by atoms with Crippen LogP contribution in [0.1, 0.15) is 5.56 Å². The Labute approximate surface area is 113 Å². The van der Waals surface area contributed by atoms with Crippen LogP contribution in [0.4, 0.5) is 0 Å². The van der Waals surface area contributed by atoms with E-state index in [1.54, 1.807) is 18.2 Å². The number of H-pyrrole nitrogens is 2. The molecule has 18 heavy (non-hydrogen) atoms. The molecule has 96 valence electrons. The third-order valence-electron chi connectivity index (χ3n) is 2.40. The quantitative estimate of drug-likeness (QED) is 0.514. The largest absolute Gasteiger partial charge is 0.493 e. The lowest BCUT2D eigenvalue weighted by Gasteiger charge is -2.08. The standard InChI is InChI=1S/C11H11ClN2O3S/c12-7-2-1-6(4-17-5-18)8(3-7)9-10(15)14-11(16)13-9/h1-3,15,18H,4-5H2,(H2,13,14,16). The summed E-state index contributed by atoms with van der Waals surface area (Å²) in [5, 5.41) is 10.1. The Morgan fingerprint density at radius 2 is 2.17 bits per heavy atom. The molecule has 0 bridgehead atoms. The predicted octanol–water partition coefficient (Wildman–Crippen LogP) is 2.13. The van der Waals surface area contributed by atoms with Gasteiger partial charge in [0.1, 0.15) is 5.69 Å². The molecule has 0 radical (unpaired) electrons. The first-order chi connectivity index (χ1) is 8.61. The Bertz CT molecular complexity index is 609. The number of benzene rings is 1. The summed E-state index contributed by atoms with van der Waals surface area (Å²) in [6.07, 6.45) is 0. The average Bonchev–Trinajstić information content (AvgIpc) is 2.67. The highest BCUT2D eigenvalue weighted by atomic mass is 35.5. The van der Waals surface area contributed by atoms with Crippen LogP contribution >= 0.6 is 24.2 Å². The maximum atomic E-state index is 11.1. The van der Waals surface area contributed by atoms with Crippen molar-refractivity contribution in [3.05, 3.63) is 39.3 Å². The third-order valence-corrected chi connectivity index (χ3v) is 2.82. The molecule has 2 aromatic rings. The van der Waals surface area contributed by atoms with E-state index in [2.05, 4.69) is 22.6 Å². The summed E-state index contributed by atoms with van der Waals surface area (Å²) in [5.41, 5.74) is 1.21. The molecule has 1 aromatic carbocycles. The second-order valence-electron chi connectivity index (χ2n) is 3.58. The first-order valence-electron chi connectivity index (χ1n) is 5.10. The summed E-state index contributed by atoms with van der Waals surface area (Å²) in [6, 6.07) is 5.13. The minimum Gasteiger partial charge on any atom is -0.493 e. The van der Waals surface area contributed by atoms with Crippen molar-refractivity contribution in [2.75, 3.05) is 5.94 Å². The molecule has 0 atom stereocenters. The van der Waals surface area contributed by atoms with Crippen LogP contribution in [0.3, 0.4) is 0 Å². The summed E-state index contributed by atoms with van der Waals surface area (Å²) in [5.74, 6) is 0.0481. The van der Waals surface area contributed by atoms with Gasteiger partial charge in [0, 0.05) is 10.6 Å². The van der Waals surface area contributed by atoms with Gasteiger partial charge in [0.2, 0.25) is 5.88 Å². The van der Waals surface area contributed by atoms with Crippen molar-refractivity contribution >= 4 is 24.2 Å². The first kappa shape index (κ1) is 13.1. The van der Waals surface area contributed by atoms with Gasteiger partial charge in [-0.15, -0.1) is 0 Å². The van der Waals surface area contributed by atoms with E-state index < -0.39 is 5.69 Å². The average molecular weight is 287 g/mol. The van der Waals surface area contributed by atoms with Gasteiger partial charge in [-0.2, -0.15) is 12.6 Å². The van der Waals surface area contributed by atoms with Crippen LogP contribution in [0.5, 0.6) is 5.88 Å². The topological polar surface area (TPSA) is 78.1 Å². The zero-order valence-corrected chi connectivity index (χ0v) is 10.9. The summed E-state index contributed by atoms with van der Waals surface area (Å²) in [6.45, 7) is 0.308. The molecular formula is C11H11ClN2O3S. The summed E-state index contributed by atoms with van der Waals surface area (Å²) >= 11 is 9.88. The van der Waals surface area contributed by atoms with E-state index in [1.165, 1.54) is 0 Å². The van der Waals surface area contributed by atoms with E-state index >= 15 is 0 Å². The van der Waals surface area contributed by atoms with E-state index in [4.69, 9.17) is 16.3 Å². The summed E-state index contributed by atoms with van der Waals surface area (Å²) < 4.78 is 5.21. The number of imidazole rings is 1. The van der Waals surface area contributed by atoms with E-state index in [1.807, 2.05) is 0 Å². The van der Waals surface area contributed by atoms with Crippen LogP contribution in [0.15, 0.2) is 23.0 Å². The molecule has 0 spiro atoms. The maximum Gasteiger partial charge on any atom is 0.326 e. The molecule has 0 saturated heterocycles. The van der Waals surface area contributed by atoms with Gasteiger partial charge < -0.3 is 14.8 Å².